The van der Waals surface area contributed by atoms with Crippen LogP contribution in [0.15, 0.2) is 103 Å². The van der Waals surface area contributed by atoms with Crippen LogP contribution in [0, 0.1) is 0 Å². The van der Waals surface area contributed by atoms with Crippen LogP contribution in [-0.2, 0) is 29.2 Å². The van der Waals surface area contributed by atoms with Gasteiger partial charge in [0.05, 0.1) is 0 Å². The maximum absolute atomic E-state index is 14.0. The maximum Gasteiger partial charge on any atom is 0.247 e. The highest BCUT2D eigenvalue weighted by atomic mass is 35.5. The topological polar surface area (TPSA) is 106 Å². The van der Waals surface area contributed by atoms with Crippen molar-refractivity contribution < 1.29 is 9.59 Å². The minimum Gasteiger partial charge on any atom is -0.350 e. The van der Waals surface area contributed by atoms with Crippen LogP contribution in [0.1, 0.15) is 22.7 Å². The summed E-state index contributed by atoms with van der Waals surface area (Å²) >= 11 is 12.5. The molecular weight excluding hydrogens is 561 g/mol. The van der Waals surface area contributed by atoms with Crippen LogP contribution in [0.5, 0.6) is 0 Å². The molecule has 2 heterocycles. The Hall–Kier alpha value is -4.60. The number of carbonyl (C=O) groups is 2. The second-order valence-corrected chi connectivity index (χ2v) is 9.99. The number of rotatable bonds is 10. The molecular formula is C30H25Cl2N7O2. The average molecular weight is 586 g/mol. The zero-order valence-corrected chi connectivity index (χ0v) is 23.3. The highest BCUT2D eigenvalue weighted by molar-refractivity contribution is 6.31. The average Bonchev–Trinajstić information content (AvgIpc) is 3.46. The molecule has 11 heteroatoms. The Kier molecular flexibility index (Phi) is 8.98. The lowest BCUT2D eigenvalue weighted by molar-refractivity contribution is -0.142. The second kappa shape index (κ2) is 13.2. The molecule has 1 atom stereocenters. The van der Waals surface area contributed by atoms with E-state index in [0.717, 1.165) is 5.56 Å². The number of amides is 2. The molecule has 2 amide bonds. The van der Waals surface area contributed by atoms with Crippen molar-refractivity contribution in [3.8, 4) is 11.4 Å². The van der Waals surface area contributed by atoms with Gasteiger partial charge in [-0.25, -0.2) is 0 Å². The molecule has 0 spiro atoms. The van der Waals surface area contributed by atoms with Crippen LogP contribution in [0.25, 0.3) is 11.4 Å². The number of pyridine rings is 1. The van der Waals surface area contributed by atoms with Gasteiger partial charge >= 0.3 is 0 Å². The Morgan fingerprint density at radius 2 is 1.59 bits per heavy atom. The third-order valence-electron chi connectivity index (χ3n) is 6.34. The summed E-state index contributed by atoms with van der Waals surface area (Å²) < 4.78 is 0. The van der Waals surface area contributed by atoms with E-state index < -0.39 is 11.9 Å². The van der Waals surface area contributed by atoms with E-state index in [9.17, 15) is 9.59 Å². The number of halogens is 2. The molecule has 206 valence electrons. The minimum atomic E-state index is -0.982. The number of hydrogen-bond donors (Lipinski definition) is 1. The molecule has 0 saturated carbocycles. The summed E-state index contributed by atoms with van der Waals surface area (Å²) in [4.78, 5) is 34.5. The summed E-state index contributed by atoms with van der Waals surface area (Å²) in [6.07, 6.45) is 3.17. The largest absolute Gasteiger partial charge is 0.350 e. The first-order chi connectivity index (χ1) is 20.0. The van der Waals surface area contributed by atoms with Gasteiger partial charge in [0, 0.05) is 41.1 Å². The first-order valence-corrected chi connectivity index (χ1v) is 13.5. The van der Waals surface area contributed by atoms with Gasteiger partial charge in [-0.15, -0.1) is 10.2 Å². The summed E-state index contributed by atoms with van der Waals surface area (Å²) in [6.45, 7) is 0.117. The van der Waals surface area contributed by atoms with Crippen molar-refractivity contribution in [2.24, 2.45) is 0 Å². The fraction of sp³-hybridized carbons (Fsp3) is 0.133. The van der Waals surface area contributed by atoms with Crippen molar-refractivity contribution in [3.05, 3.63) is 130 Å². The molecule has 0 aliphatic heterocycles. The number of tetrazole rings is 1. The van der Waals surface area contributed by atoms with E-state index in [4.69, 9.17) is 23.2 Å². The Morgan fingerprint density at radius 3 is 2.32 bits per heavy atom. The van der Waals surface area contributed by atoms with Crippen LogP contribution in [0.3, 0.4) is 0 Å². The molecule has 0 fully saturated rings. The number of benzene rings is 3. The summed E-state index contributed by atoms with van der Waals surface area (Å²) in [6, 6.07) is 26.2. The minimum absolute atomic E-state index is 0.0724. The van der Waals surface area contributed by atoms with Gasteiger partial charge in [0.1, 0.15) is 12.6 Å². The quantitative estimate of drug-likeness (QED) is 0.243. The first kappa shape index (κ1) is 27.9. The van der Waals surface area contributed by atoms with Crippen LogP contribution in [0.4, 0.5) is 0 Å². The summed E-state index contributed by atoms with van der Waals surface area (Å²) in [7, 11) is 0. The van der Waals surface area contributed by atoms with E-state index in [0.29, 0.717) is 39.1 Å². The first-order valence-electron chi connectivity index (χ1n) is 12.8. The Balaban J connectivity index is 1.46. The molecule has 41 heavy (non-hydrogen) atoms. The predicted octanol–water partition coefficient (Wildman–Crippen LogP) is 5.13. The summed E-state index contributed by atoms with van der Waals surface area (Å²) in [5.74, 6) is -0.408. The lowest BCUT2D eigenvalue weighted by Crippen LogP contribution is -2.44. The Labute approximate surface area is 246 Å². The Bertz CT molecular complexity index is 1610. The van der Waals surface area contributed by atoms with Crippen molar-refractivity contribution in [1.29, 1.82) is 0 Å². The summed E-state index contributed by atoms with van der Waals surface area (Å²) in [5.41, 5.74) is 2.92. The van der Waals surface area contributed by atoms with Gasteiger partial charge in [-0.1, -0.05) is 71.7 Å². The highest BCUT2D eigenvalue weighted by Gasteiger charge is 2.32. The van der Waals surface area contributed by atoms with Crippen LogP contribution >= 0.6 is 23.2 Å². The molecule has 1 N–H and O–H groups in total. The van der Waals surface area contributed by atoms with Gasteiger partial charge in [0.15, 0.2) is 0 Å². The van der Waals surface area contributed by atoms with Crippen LogP contribution in [-0.4, -0.2) is 41.9 Å². The van der Waals surface area contributed by atoms with Gasteiger partial charge < -0.3 is 10.2 Å². The van der Waals surface area contributed by atoms with Crippen molar-refractivity contribution in [2.45, 2.75) is 25.7 Å². The number of nitrogens with zero attached hydrogens (tertiary/aromatic N) is 6. The second-order valence-electron chi connectivity index (χ2n) is 9.15. The molecule has 2 aromatic heterocycles. The van der Waals surface area contributed by atoms with E-state index in [1.807, 2.05) is 48.5 Å². The fourth-order valence-electron chi connectivity index (χ4n) is 4.27. The molecule has 0 bridgehead atoms. The molecule has 0 unspecified atom stereocenters. The van der Waals surface area contributed by atoms with Crippen LogP contribution < -0.4 is 5.32 Å². The molecule has 0 aliphatic rings. The molecule has 5 aromatic rings. The normalized spacial score (nSPS) is 11.6. The van der Waals surface area contributed by atoms with Gasteiger partial charge in [-0.3, -0.25) is 14.6 Å². The van der Waals surface area contributed by atoms with E-state index >= 15 is 0 Å². The van der Waals surface area contributed by atoms with Crippen molar-refractivity contribution in [1.82, 2.24) is 35.4 Å². The zero-order chi connectivity index (χ0) is 28.6. The van der Waals surface area contributed by atoms with E-state index in [1.54, 1.807) is 54.9 Å². The SMILES string of the molecule is O=C(NCc1ccccc1)[C@H](c1ccncc1)N(Cc1ccccc1Cl)C(=O)Cn1nnc(-c2ccc(Cl)cc2)n1. The van der Waals surface area contributed by atoms with E-state index in [1.165, 1.54) is 9.70 Å². The monoisotopic (exact) mass is 585 g/mol. The molecule has 9 nitrogen and oxygen atoms in total. The number of carbonyl (C=O) groups excluding carboxylic acids is 2. The predicted molar refractivity (Wildman–Crippen MR) is 156 cm³/mol. The van der Waals surface area contributed by atoms with E-state index in [2.05, 4.69) is 25.7 Å². The molecule has 0 saturated heterocycles. The van der Waals surface area contributed by atoms with Crippen LogP contribution in [0.2, 0.25) is 10.0 Å². The maximum atomic E-state index is 14.0. The van der Waals surface area contributed by atoms with Gasteiger partial charge in [-0.05, 0) is 64.4 Å². The van der Waals surface area contributed by atoms with E-state index in [-0.39, 0.29) is 19.0 Å². The lowest BCUT2D eigenvalue weighted by Gasteiger charge is -2.31. The van der Waals surface area contributed by atoms with Gasteiger partial charge in [-0.2, -0.15) is 4.80 Å². The van der Waals surface area contributed by atoms with Crippen molar-refractivity contribution >= 4 is 35.0 Å². The standard InChI is InChI=1S/C30H25Cl2N7O2/c31-25-12-10-23(11-13-25)29-35-37-39(36-29)20-27(40)38(19-24-8-4-5-9-26(24)32)28(22-14-16-33-17-15-22)30(41)34-18-21-6-2-1-3-7-21/h1-17,28H,18-20H2,(H,34,41)/t28-/m0/s1. The number of nitrogens with one attached hydrogen (secondary N) is 1. The highest BCUT2D eigenvalue weighted by Crippen LogP contribution is 2.27. The smallest absolute Gasteiger partial charge is 0.247 e. The zero-order valence-electron chi connectivity index (χ0n) is 21.8. The van der Waals surface area contributed by atoms with Gasteiger partial charge in [0.2, 0.25) is 17.6 Å². The fourth-order valence-corrected chi connectivity index (χ4v) is 4.59. The van der Waals surface area contributed by atoms with Gasteiger partial charge in [0.25, 0.3) is 0 Å². The molecule has 3 aromatic carbocycles. The lowest BCUT2D eigenvalue weighted by atomic mass is 10.0. The summed E-state index contributed by atoms with van der Waals surface area (Å²) in [5, 5.41) is 16.6. The van der Waals surface area contributed by atoms with Crippen molar-refractivity contribution in [3.63, 3.8) is 0 Å². The van der Waals surface area contributed by atoms with Crippen molar-refractivity contribution in [2.75, 3.05) is 0 Å². The third kappa shape index (κ3) is 7.13. The number of aromatic nitrogens is 5. The molecule has 5 rings (SSSR count). The third-order valence-corrected chi connectivity index (χ3v) is 6.96. The Morgan fingerprint density at radius 1 is 0.878 bits per heavy atom. The number of hydrogen-bond acceptors (Lipinski definition) is 6. The molecule has 0 aliphatic carbocycles. The molecule has 0 radical (unpaired) electrons.